The number of imidazole rings is 1. The van der Waals surface area contributed by atoms with Crippen LogP contribution in [0, 0.1) is 0 Å². The number of benzene rings is 2. The van der Waals surface area contributed by atoms with Gasteiger partial charge in [0.25, 0.3) is 5.91 Å². The molecule has 6 nitrogen and oxygen atoms in total. The minimum absolute atomic E-state index is 0.0136. The van der Waals surface area contributed by atoms with E-state index in [4.69, 9.17) is 4.98 Å². The average Bonchev–Trinajstić information content (AvgIpc) is 3.18. The van der Waals surface area contributed by atoms with Gasteiger partial charge in [-0.3, -0.25) is 4.79 Å². The fourth-order valence-corrected chi connectivity index (χ4v) is 3.66. The van der Waals surface area contributed by atoms with Crippen molar-refractivity contribution < 1.29 is 18.3 Å². The number of rotatable bonds is 5. The van der Waals surface area contributed by atoms with Crippen molar-refractivity contribution in [2.45, 2.75) is 44.6 Å². The summed E-state index contributed by atoms with van der Waals surface area (Å²) in [5, 5.41) is 5.57. The summed E-state index contributed by atoms with van der Waals surface area (Å²) in [5.41, 5.74) is 2.75. The Morgan fingerprint density at radius 1 is 1.10 bits per heavy atom. The van der Waals surface area contributed by atoms with Gasteiger partial charge >= 0.3 is 6.61 Å². The molecular formula is C23H28F2N4O2. The van der Waals surface area contributed by atoms with E-state index in [9.17, 15) is 13.6 Å². The summed E-state index contributed by atoms with van der Waals surface area (Å²) in [4.78, 5) is 20.5. The Morgan fingerprint density at radius 3 is 2.42 bits per heavy atom. The lowest BCUT2D eigenvalue weighted by Gasteiger charge is -2.18. The minimum Gasteiger partial charge on any atom is -0.435 e. The van der Waals surface area contributed by atoms with Gasteiger partial charge in [-0.25, -0.2) is 4.98 Å². The zero-order chi connectivity index (χ0) is 22.2. The summed E-state index contributed by atoms with van der Waals surface area (Å²) in [6.07, 6.45) is 6.10. The van der Waals surface area contributed by atoms with E-state index in [2.05, 4.69) is 20.4 Å². The maximum atomic E-state index is 12.4. The number of anilines is 1. The first kappa shape index (κ1) is 22.7. The molecule has 3 N–H and O–H groups in total. The molecule has 1 amide bonds. The zero-order valence-corrected chi connectivity index (χ0v) is 17.8. The fraction of sp³-hybridized carbons (Fsp3) is 0.391. The van der Waals surface area contributed by atoms with Crippen LogP contribution in [0.5, 0.6) is 5.75 Å². The van der Waals surface area contributed by atoms with E-state index < -0.39 is 6.61 Å². The lowest BCUT2D eigenvalue weighted by Crippen LogP contribution is -2.11. The Morgan fingerprint density at radius 2 is 1.77 bits per heavy atom. The molecule has 0 unspecified atom stereocenters. The number of H-pyrrole nitrogens is 1. The van der Waals surface area contributed by atoms with Gasteiger partial charge in [0.1, 0.15) is 11.6 Å². The number of aromatic nitrogens is 2. The largest absolute Gasteiger partial charge is 0.435 e. The number of carbonyl (C=O) groups excluding carboxylic acids is 1. The molecule has 0 spiro atoms. The third-order valence-electron chi connectivity index (χ3n) is 5.09. The maximum absolute atomic E-state index is 12.4. The quantitative estimate of drug-likeness (QED) is 0.513. The number of halogens is 2. The lowest BCUT2D eigenvalue weighted by atomic mass is 9.89. The smallest absolute Gasteiger partial charge is 0.387 e. The highest BCUT2D eigenvalue weighted by atomic mass is 19.3. The van der Waals surface area contributed by atoms with Crippen molar-refractivity contribution in [3.8, 4) is 5.75 Å². The molecule has 1 aliphatic rings. The number of fused-ring (bicyclic) bond motifs is 1. The molecule has 1 aliphatic carbocycles. The molecule has 4 rings (SSSR count). The van der Waals surface area contributed by atoms with E-state index in [1.165, 1.54) is 43.5 Å². The fourth-order valence-electron chi connectivity index (χ4n) is 3.66. The second-order valence-electron chi connectivity index (χ2n) is 7.55. The first-order valence-electron chi connectivity index (χ1n) is 10.4. The molecule has 3 aromatic rings. The number of carbonyl (C=O) groups is 1. The average molecular weight is 430 g/mol. The zero-order valence-electron chi connectivity index (χ0n) is 17.8. The van der Waals surface area contributed by atoms with Crippen LogP contribution in [0.25, 0.3) is 11.0 Å². The van der Waals surface area contributed by atoms with Gasteiger partial charge in [-0.05, 0) is 69.4 Å². The topological polar surface area (TPSA) is 79.0 Å². The van der Waals surface area contributed by atoms with E-state index in [-0.39, 0.29) is 11.7 Å². The number of amides is 1. The Kier molecular flexibility index (Phi) is 7.94. The Labute approximate surface area is 180 Å². The monoisotopic (exact) mass is 430 g/mol. The molecule has 8 heteroatoms. The Bertz CT molecular complexity index is 983. The normalized spacial score (nSPS) is 14.2. The summed E-state index contributed by atoms with van der Waals surface area (Å²) in [5.74, 6) is 1.19. The molecule has 166 valence electrons. The van der Waals surface area contributed by atoms with Crippen molar-refractivity contribution in [1.29, 1.82) is 0 Å². The van der Waals surface area contributed by atoms with Crippen LogP contribution in [0.1, 0.15) is 54.2 Å². The second-order valence-corrected chi connectivity index (χ2v) is 7.55. The third kappa shape index (κ3) is 6.24. The SMILES string of the molecule is CNC.O=C(Nc1ccc2[nH]c(C3CCCCC3)nc2c1)c1ccc(OC(F)F)cc1. The maximum Gasteiger partial charge on any atom is 0.387 e. The van der Waals surface area contributed by atoms with Crippen LogP contribution in [-0.4, -0.2) is 36.6 Å². The third-order valence-corrected chi connectivity index (χ3v) is 5.09. The van der Waals surface area contributed by atoms with Gasteiger partial charge in [0.15, 0.2) is 0 Å². The molecule has 0 saturated heterocycles. The van der Waals surface area contributed by atoms with Gasteiger partial charge in [0.2, 0.25) is 0 Å². The summed E-state index contributed by atoms with van der Waals surface area (Å²) >= 11 is 0. The van der Waals surface area contributed by atoms with Crippen molar-refractivity contribution in [3.63, 3.8) is 0 Å². The van der Waals surface area contributed by atoms with Crippen LogP contribution in [0.4, 0.5) is 14.5 Å². The number of aromatic amines is 1. The first-order valence-corrected chi connectivity index (χ1v) is 10.4. The van der Waals surface area contributed by atoms with E-state index in [1.54, 1.807) is 0 Å². The van der Waals surface area contributed by atoms with E-state index in [0.717, 1.165) is 29.7 Å². The van der Waals surface area contributed by atoms with Crippen LogP contribution >= 0.6 is 0 Å². The van der Waals surface area contributed by atoms with E-state index >= 15 is 0 Å². The predicted octanol–water partition coefficient (Wildman–Crippen LogP) is 5.30. The van der Waals surface area contributed by atoms with Gasteiger partial charge in [0, 0.05) is 17.2 Å². The molecular weight excluding hydrogens is 402 g/mol. The number of nitrogens with one attached hydrogen (secondary N) is 3. The molecule has 0 radical (unpaired) electrons. The molecule has 0 aliphatic heterocycles. The first-order chi connectivity index (χ1) is 15.0. The highest BCUT2D eigenvalue weighted by Gasteiger charge is 2.19. The van der Waals surface area contributed by atoms with Crippen molar-refractivity contribution in [3.05, 3.63) is 53.9 Å². The summed E-state index contributed by atoms with van der Waals surface area (Å²) in [6.45, 7) is -2.89. The highest BCUT2D eigenvalue weighted by Crippen LogP contribution is 2.32. The van der Waals surface area contributed by atoms with Crippen LogP contribution < -0.4 is 15.4 Å². The molecule has 0 atom stereocenters. The van der Waals surface area contributed by atoms with Crippen LogP contribution in [0.3, 0.4) is 0 Å². The van der Waals surface area contributed by atoms with Gasteiger partial charge in [-0.15, -0.1) is 0 Å². The summed E-state index contributed by atoms with van der Waals surface area (Å²) < 4.78 is 28.7. The molecule has 1 saturated carbocycles. The molecule has 31 heavy (non-hydrogen) atoms. The van der Waals surface area contributed by atoms with E-state index in [0.29, 0.717) is 17.2 Å². The van der Waals surface area contributed by atoms with Gasteiger partial charge < -0.3 is 20.4 Å². The number of hydrogen-bond acceptors (Lipinski definition) is 4. The minimum atomic E-state index is -2.89. The molecule has 1 fully saturated rings. The Balaban J connectivity index is 0.000000858. The number of alkyl halides is 2. The molecule has 2 aromatic carbocycles. The number of hydrogen-bond donors (Lipinski definition) is 3. The second kappa shape index (κ2) is 10.9. The van der Waals surface area contributed by atoms with Gasteiger partial charge in [-0.2, -0.15) is 8.78 Å². The van der Waals surface area contributed by atoms with Crippen molar-refractivity contribution in [1.82, 2.24) is 15.3 Å². The van der Waals surface area contributed by atoms with Gasteiger partial charge in [0.05, 0.1) is 11.0 Å². The molecule has 0 bridgehead atoms. The van der Waals surface area contributed by atoms with Crippen molar-refractivity contribution in [2.75, 3.05) is 19.4 Å². The van der Waals surface area contributed by atoms with Crippen LogP contribution in [0.2, 0.25) is 0 Å². The molecule has 1 aromatic heterocycles. The standard InChI is InChI=1S/C21H21F2N3O2.C2H7N/c22-21(23)28-16-9-6-14(7-10-16)20(27)24-15-8-11-17-18(12-15)26-19(25-17)13-4-2-1-3-5-13;1-3-2/h6-13,21H,1-5H2,(H,24,27)(H,25,26);3H,1-2H3. The lowest BCUT2D eigenvalue weighted by molar-refractivity contribution is -0.0498. The van der Waals surface area contributed by atoms with Gasteiger partial charge in [-0.1, -0.05) is 19.3 Å². The summed E-state index contributed by atoms with van der Waals surface area (Å²) in [7, 11) is 3.75. The number of ether oxygens (including phenoxy) is 1. The summed E-state index contributed by atoms with van der Waals surface area (Å²) in [6, 6.07) is 11.1. The van der Waals surface area contributed by atoms with Crippen LogP contribution in [-0.2, 0) is 0 Å². The number of nitrogens with zero attached hydrogens (tertiary/aromatic N) is 1. The molecule has 1 heterocycles. The highest BCUT2D eigenvalue weighted by molar-refractivity contribution is 6.05. The van der Waals surface area contributed by atoms with Crippen molar-refractivity contribution >= 4 is 22.6 Å². The van der Waals surface area contributed by atoms with Crippen molar-refractivity contribution in [2.24, 2.45) is 0 Å². The predicted molar refractivity (Wildman–Crippen MR) is 118 cm³/mol. The van der Waals surface area contributed by atoms with E-state index in [1.807, 2.05) is 32.3 Å². The van der Waals surface area contributed by atoms with Crippen LogP contribution in [0.15, 0.2) is 42.5 Å². The Hall–Kier alpha value is -3.00.